The Morgan fingerprint density at radius 2 is 2.20 bits per heavy atom. The highest BCUT2D eigenvalue weighted by Crippen LogP contribution is 2.25. The van der Waals surface area contributed by atoms with Crippen LogP contribution in [0.2, 0.25) is 0 Å². The van der Waals surface area contributed by atoms with Gasteiger partial charge in [-0.2, -0.15) is 4.98 Å². The van der Waals surface area contributed by atoms with Gasteiger partial charge < -0.3 is 15.1 Å². The fourth-order valence-corrected chi connectivity index (χ4v) is 2.30. The quantitative estimate of drug-likeness (QED) is 0.613. The van der Waals surface area contributed by atoms with E-state index >= 15 is 0 Å². The average molecular weight is 280 g/mol. The summed E-state index contributed by atoms with van der Waals surface area (Å²) < 4.78 is 0. The van der Waals surface area contributed by atoms with Crippen LogP contribution < -0.4 is 10.2 Å². The van der Waals surface area contributed by atoms with E-state index in [1.807, 2.05) is 11.9 Å². The van der Waals surface area contributed by atoms with E-state index in [0.717, 1.165) is 19.6 Å². The molecule has 1 aromatic rings. The third kappa shape index (κ3) is 3.32. The molecule has 2 heterocycles. The van der Waals surface area contributed by atoms with Gasteiger partial charge in [0.15, 0.2) is 0 Å². The Hall–Kier alpha value is -1.96. The smallest absolute Gasteiger partial charge is 0.329 e. The van der Waals surface area contributed by atoms with Crippen LogP contribution in [0.15, 0.2) is 6.20 Å². The zero-order chi connectivity index (χ0) is 14.5. The topological polar surface area (TPSA) is 87.4 Å². The van der Waals surface area contributed by atoms with Crippen molar-refractivity contribution in [2.45, 2.75) is 12.8 Å². The predicted octanol–water partition coefficient (Wildman–Crippen LogP) is 0.958. The second-order valence-corrected chi connectivity index (χ2v) is 4.88. The molecule has 0 radical (unpaired) electrons. The van der Waals surface area contributed by atoms with Crippen molar-refractivity contribution in [3.63, 3.8) is 0 Å². The zero-order valence-corrected chi connectivity index (χ0v) is 11.9. The number of hydrogen-bond donors (Lipinski definition) is 1. The summed E-state index contributed by atoms with van der Waals surface area (Å²) in [5.41, 5.74) is -0.0621. The van der Waals surface area contributed by atoms with Gasteiger partial charge in [0.1, 0.15) is 6.20 Å². The lowest BCUT2D eigenvalue weighted by Gasteiger charge is -2.22. The molecule has 20 heavy (non-hydrogen) atoms. The average Bonchev–Trinajstić information content (AvgIpc) is 2.97. The van der Waals surface area contributed by atoms with Crippen molar-refractivity contribution in [2.24, 2.45) is 0 Å². The summed E-state index contributed by atoms with van der Waals surface area (Å²) in [6, 6.07) is 0. The van der Waals surface area contributed by atoms with Crippen LogP contribution in [0.5, 0.6) is 0 Å². The van der Waals surface area contributed by atoms with Gasteiger partial charge in [-0.15, -0.1) is 0 Å². The van der Waals surface area contributed by atoms with Gasteiger partial charge in [-0.1, -0.05) is 0 Å². The fraction of sp³-hybridized carbons (Fsp3) is 0.667. The maximum atomic E-state index is 11.1. The highest BCUT2D eigenvalue weighted by molar-refractivity contribution is 5.58. The van der Waals surface area contributed by atoms with Gasteiger partial charge in [0, 0.05) is 27.2 Å². The molecule has 0 atom stereocenters. The lowest BCUT2D eigenvalue weighted by atomic mass is 10.4. The Balaban J connectivity index is 2.09. The largest absolute Gasteiger partial charge is 0.357 e. The van der Waals surface area contributed by atoms with Crippen molar-refractivity contribution in [3.05, 3.63) is 16.3 Å². The van der Waals surface area contributed by atoms with E-state index in [2.05, 4.69) is 20.2 Å². The van der Waals surface area contributed by atoms with Gasteiger partial charge in [-0.25, -0.2) is 4.98 Å². The molecule has 1 fully saturated rings. The number of hydrogen-bond acceptors (Lipinski definition) is 7. The number of rotatable bonds is 6. The lowest BCUT2D eigenvalue weighted by molar-refractivity contribution is -0.384. The Morgan fingerprint density at radius 3 is 2.80 bits per heavy atom. The SMILES string of the molecule is CNc1ncc([N+](=O)[O-])c(N(C)CCN2CCCC2)n1. The molecule has 0 spiro atoms. The van der Waals surface area contributed by atoms with Crippen LogP contribution in [0, 0.1) is 10.1 Å². The molecule has 0 unspecified atom stereocenters. The molecule has 1 saturated heterocycles. The van der Waals surface area contributed by atoms with Crippen molar-refractivity contribution >= 4 is 17.5 Å². The van der Waals surface area contributed by atoms with E-state index in [4.69, 9.17) is 0 Å². The van der Waals surface area contributed by atoms with E-state index in [1.54, 1.807) is 7.05 Å². The molecule has 1 aliphatic heterocycles. The third-order valence-electron chi connectivity index (χ3n) is 3.48. The molecule has 1 N–H and O–H groups in total. The van der Waals surface area contributed by atoms with Crippen molar-refractivity contribution in [1.82, 2.24) is 14.9 Å². The first-order valence-corrected chi connectivity index (χ1v) is 6.74. The van der Waals surface area contributed by atoms with Crippen LogP contribution >= 0.6 is 0 Å². The summed E-state index contributed by atoms with van der Waals surface area (Å²) in [5, 5.41) is 13.9. The van der Waals surface area contributed by atoms with Gasteiger partial charge in [-0.3, -0.25) is 10.1 Å². The Morgan fingerprint density at radius 1 is 1.50 bits per heavy atom. The summed E-state index contributed by atoms with van der Waals surface area (Å²) in [7, 11) is 3.51. The molecule has 110 valence electrons. The van der Waals surface area contributed by atoms with Crippen LogP contribution in [0.3, 0.4) is 0 Å². The summed E-state index contributed by atoms with van der Waals surface area (Å²) in [6.07, 6.45) is 3.73. The minimum Gasteiger partial charge on any atom is -0.357 e. The van der Waals surface area contributed by atoms with Crippen LogP contribution in [0.4, 0.5) is 17.5 Å². The number of likely N-dealkylation sites (tertiary alicyclic amines) is 1. The first-order valence-electron chi connectivity index (χ1n) is 6.74. The molecular weight excluding hydrogens is 260 g/mol. The highest BCUT2D eigenvalue weighted by atomic mass is 16.6. The number of aromatic nitrogens is 2. The standard InChI is InChI=1S/C12H20N6O2/c1-13-12-14-9-10(18(19)20)11(15-12)16(2)7-8-17-5-3-4-6-17/h9H,3-8H2,1-2H3,(H,13,14,15). The summed E-state index contributed by atoms with van der Waals surface area (Å²) in [6.45, 7) is 3.83. The molecule has 1 aliphatic rings. The van der Waals surface area contributed by atoms with E-state index in [9.17, 15) is 10.1 Å². The second-order valence-electron chi connectivity index (χ2n) is 4.88. The second kappa shape index (κ2) is 6.47. The molecular formula is C12H20N6O2. The first kappa shape index (κ1) is 14.4. The van der Waals surface area contributed by atoms with Crippen molar-refractivity contribution < 1.29 is 4.92 Å². The summed E-state index contributed by atoms with van der Waals surface area (Å²) >= 11 is 0. The van der Waals surface area contributed by atoms with Crippen LogP contribution in [-0.4, -0.2) is 60.1 Å². The third-order valence-corrected chi connectivity index (χ3v) is 3.48. The monoisotopic (exact) mass is 280 g/mol. The minimum absolute atomic E-state index is 0.0621. The lowest BCUT2D eigenvalue weighted by Crippen LogP contribution is -2.32. The van der Waals surface area contributed by atoms with Gasteiger partial charge in [0.2, 0.25) is 11.8 Å². The molecule has 8 nitrogen and oxygen atoms in total. The normalized spacial score (nSPS) is 15.3. The number of likely N-dealkylation sites (N-methyl/N-ethyl adjacent to an activating group) is 1. The van der Waals surface area contributed by atoms with Gasteiger partial charge >= 0.3 is 5.69 Å². The molecule has 1 aromatic heterocycles. The van der Waals surface area contributed by atoms with Crippen molar-refractivity contribution in [1.29, 1.82) is 0 Å². The molecule has 0 amide bonds. The molecule has 8 heteroatoms. The summed E-state index contributed by atoms with van der Waals surface area (Å²) in [4.78, 5) is 22.9. The Bertz CT molecular complexity index is 475. The van der Waals surface area contributed by atoms with Gasteiger partial charge in [-0.05, 0) is 25.9 Å². The van der Waals surface area contributed by atoms with Crippen LogP contribution in [0.25, 0.3) is 0 Å². The molecule has 0 aromatic carbocycles. The van der Waals surface area contributed by atoms with Crippen molar-refractivity contribution in [3.8, 4) is 0 Å². The maximum absolute atomic E-state index is 11.1. The van der Waals surface area contributed by atoms with Crippen LogP contribution in [-0.2, 0) is 0 Å². The predicted molar refractivity (Wildman–Crippen MR) is 77.2 cm³/mol. The van der Waals surface area contributed by atoms with Crippen LogP contribution in [0.1, 0.15) is 12.8 Å². The number of nitrogens with one attached hydrogen (secondary N) is 1. The van der Waals surface area contributed by atoms with E-state index in [1.165, 1.54) is 19.0 Å². The van der Waals surface area contributed by atoms with E-state index in [0.29, 0.717) is 18.3 Å². The summed E-state index contributed by atoms with van der Waals surface area (Å²) in [5.74, 6) is 0.743. The van der Waals surface area contributed by atoms with Gasteiger partial charge in [0.25, 0.3) is 0 Å². The fourth-order valence-electron chi connectivity index (χ4n) is 2.30. The number of nitro groups is 1. The van der Waals surface area contributed by atoms with Crippen molar-refractivity contribution in [2.75, 3.05) is 50.5 Å². The molecule has 0 bridgehead atoms. The Labute approximate surface area is 118 Å². The minimum atomic E-state index is -0.443. The highest BCUT2D eigenvalue weighted by Gasteiger charge is 2.21. The molecule has 0 aliphatic carbocycles. The molecule has 0 saturated carbocycles. The van der Waals surface area contributed by atoms with E-state index in [-0.39, 0.29) is 5.69 Å². The van der Waals surface area contributed by atoms with Gasteiger partial charge in [0.05, 0.1) is 4.92 Å². The zero-order valence-electron chi connectivity index (χ0n) is 11.9. The first-order chi connectivity index (χ1) is 9.61. The molecule has 2 rings (SSSR count). The Kier molecular flexibility index (Phi) is 4.67. The maximum Gasteiger partial charge on any atom is 0.329 e. The number of anilines is 2. The number of nitrogens with zero attached hydrogens (tertiary/aromatic N) is 5. The van der Waals surface area contributed by atoms with E-state index < -0.39 is 4.92 Å².